The van der Waals surface area contributed by atoms with E-state index < -0.39 is 0 Å². The Hall–Kier alpha value is -1.97. The molecular formula is C15H17NO3. The summed E-state index contributed by atoms with van der Waals surface area (Å²) in [7, 11) is 1.61. The van der Waals surface area contributed by atoms with E-state index in [0.29, 0.717) is 17.1 Å². The lowest BCUT2D eigenvalue weighted by Gasteiger charge is -2.13. The number of fused-ring (bicyclic) bond motifs is 1. The first-order chi connectivity index (χ1) is 9.22. The van der Waals surface area contributed by atoms with E-state index in [-0.39, 0.29) is 5.91 Å². The van der Waals surface area contributed by atoms with Crippen molar-refractivity contribution in [3.63, 3.8) is 0 Å². The number of rotatable bonds is 2. The molecule has 0 N–H and O–H groups in total. The van der Waals surface area contributed by atoms with Gasteiger partial charge in [0.05, 0.1) is 7.11 Å². The zero-order chi connectivity index (χ0) is 13.4. The molecule has 1 aliphatic heterocycles. The van der Waals surface area contributed by atoms with Crippen molar-refractivity contribution in [1.82, 2.24) is 4.90 Å². The van der Waals surface area contributed by atoms with Crippen LogP contribution < -0.4 is 4.74 Å². The van der Waals surface area contributed by atoms with E-state index in [0.717, 1.165) is 36.9 Å². The van der Waals surface area contributed by atoms with E-state index >= 15 is 0 Å². The van der Waals surface area contributed by atoms with Crippen LogP contribution in [0.5, 0.6) is 5.75 Å². The van der Waals surface area contributed by atoms with Crippen molar-refractivity contribution in [3.05, 3.63) is 29.5 Å². The minimum Gasteiger partial charge on any atom is -0.493 e. The smallest absolute Gasteiger partial charge is 0.289 e. The van der Waals surface area contributed by atoms with Gasteiger partial charge in [0.1, 0.15) is 0 Å². The summed E-state index contributed by atoms with van der Waals surface area (Å²) in [5, 5.41) is 0.946. The van der Waals surface area contributed by atoms with Gasteiger partial charge in [-0.2, -0.15) is 0 Å². The molecule has 1 aromatic carbocycles. The molecule has 0 aliphatic carbocycles. The van der Waals surface area contributed by atoms with Gasteiger partial charge in [-0.1, -0.05) is 12.1 Å². The van der Waals surface area contributed by atoms with Crippen LogP contribution in [0.25, 0.3) is 11.0 Å². The fourth-order valence-corrected chi connectivity index (χ4v) is 2.65. The molecule has 1 aromatic heterocycles. The highest BCUT2D eigenvalue weighted by Crippen LogP contribution is 2.33. The molecule has 0 saturated carbocycles. The number of carbonyl (C=O) groups is 1. The van der Waals surface area contributed by atoms with Crippen molar-refractivity contribution in [2.45, 2.75) is 19.8 Å². The SMILES string of the molecule is COc1cccc2c(C)c(C(=O)N3CCCC3)oc12. The van der Waals surface area contributed by atoms with Gasteiger partial charge < -0.3 is 14.1 Å². The average molecular weight is 259 g/mol. The van der Waals surface area contributed by atoms with Crippen molar-refractivity contribution in [2.75, 3.05) is 20.2 Å². The zero-order valence-electron chi connectivity index (χ0n) is 11.2. The fraction of sp³-hybridized carbons (Fsp3) is 0.400. The molecule has 0 atom stereocenters. The number of benzene rings is 1. The van der Waals surface area contributed by atoms with Crippen molar-refractivity contribution in [3.8, 4) is 5.75 Å². The Bertz CT molecular complexity index is 624. The van der Waals surface area contributed by atoms with Crippen LogP contribution in [0.2, 0.25) is 0 Å². The predicted molar refractivity (Wildman–Crippen MR) is 72.6 cm³/mol. The summed E-state index contributed by atoms with van der Waals surface area (Å²) in [5.74, 6) is 1.11. The number of hydrogen-bond donors (Lipinski definition) is 0. The first kappa shape index (κ1) is 12.1. The lowest BCUT2D eigenvalue weighted by atomic mass is 10.1. The van der Waals surface area contributed by atoms with Gasteiger partial charge in [0.2, 0.25) is 0 Å². The molecule has 4 nitrogen and oxygen atoms in total. The number of aryl methyl sites for hydroxylation is 1. The second kappa shape index (κ2) is 4.61. The van der Waals surface area contributed by atoms with Gasteiger partial charge in [0.15, 0.2) is 17.1 Å². The normalized spacial score (nSPS) is 15.2. The van der Waals surface area contributed by atoms with E-state index in [4.69, 9.17) is 9.15 Å². The van der Waals surface area contributed by atoms with Crippen LogP contribution in [0.3, 0.4) is 0 Å². The van der Waals surface area contributed by atoms with E-state index in [1.54, 1.807) is 7.11 Å². The quantitative estimate of drug-likeness (QED) is 0.832. The van der Waals surface area contributed by atoms with Crippen molar-refractivity contribution in [1.29, 1.82) is 0 Å². The standard InChI is InChI=1S/C15H17NO3/c1-10-11-6-5-7-12(18-2)14(11)19-13(10)15(17)16-8-3-4-9-16/h5-7H,3-4,8-9H2,1-2H3. The second-order valence-electron chi connectivity index (χ2n) is 4.89. The van der Waals surface area contributed by atoms with E-state index in [1.807, 2.05) is 30.0 Å². The van der Waals surface area contributed by atoms with E-state index in [2.05, 4.69) is 0 Å². The number of furan rings is 1. The van der Waals surface area contributed by atoms with Crippen LogP contribution >= 0.6 is 0 Å². The van der Waals surface area contributed by atoms with Gasteiger partial charge in [-0.05, 0) is 25.8 Å². The van der Waals surface area contributed by atoms with Gasteiger partial charge >= 0.3 is 0 Å². The molecular weight excluding hydrogens is 242 g/mol. The number of para-hydroxylation sites is 1. The highest BCUT2D eigenvalue weighted by atomic mass is 16.5. The summed E-state index contributed by atoms with van der Waals surface area (Å²) < 4.78 is 11.1. The Morgan fingerprint density at radius 1 is 1.32 bits per heavy atom. The lowest BCUT2D eigenvalue weighted by Crippen LogP contribution is -2.27. The predicted octanol–water partition coefficient (Wildman–Crippen LogP) is 2.99. The Morgan fingerprint density at radius 3 is 2.74 bits per heavy atom. The fourth-order valence-electron chi connectivity index (χ4n) is 2.65. The maximum Gasteiger partial charge on any atom is 0.289 e. The minimum atomic E-state index is -0.00625. The van der Waals surface area contributed by atoms with Crippen molar-refractivity contribution < 1.29 is 13.9 Å². The molecule has 19 heavy (non-hydrogen) atoms. The third kappa shape index (κ3) is 1.87. The highest BCUT2D eigenvalue weighted by molar-refractivity contribution is 6.00. The van der Waals surface area contributed by atoms with Crippen LogP contribution in [-0.4, -0.2) is 31.0 Å². The third-order valence-corrected chi connectivity index (χ3v) is 3.74. The molecule has 2 heterocycles. The first-order valence-electron chi connectivity index (χ1n) is 6.57. The number of likely N-dealkylation sites (tertiary alicyclic amines) is 1. The maximum absolute atomic E-state index is 12.4. The van der Waals surface area contributed by atoms with Gasteiger partial charge in [-0.15, -0.1) is 0 Å². The Kier molecular flexibility index (Phi) is 2.93. The van der Waals surface area contributed by atoms with E-state index in [9.17, 15) is 4.79 Å². The molecule has 1 amide bonds. The molecule has 0 spiro atoms. The molecule has 1 saturated heterocycles. The molecule has 0 unspecified atom stereocenters. The van der Waals surface area contributed by atoms with Crippen molar-refractivity contribution in [2.24, 2.45) is 0 Å². The Morgan fingerprint density at radius 2 is 2.05 bits per heavy atom. The highest BCUT2D eigenvalue weighted by Gasteiger charge is 2.26. The molecule has 3 rings (SSSR count). The average Bonchev–Trinajstić information content (AvgIpc) is 3.06. The topological polar surface area (TPSA) is 42.7 Å². The molecule has 0 bridgehead atoms. The summed E-state index contributed by atoms with van der Waals surface area (Å²) >= 11 is 0. The summed E-state index contributed by atoms with van der Waals surface area (Å²) in [6, 6.07) is 5.71. The monoisotopic (exact) mass is 259 g/mol. The zero-order valence-corrected chi connectivity index (χ0v) is 11.2. The Labute approximate surface area is 111 Å². The van der Waals surface area contributed by atoms with Gasteiger partial charge in [0.25, 0.3) is 5.91 Å². The number of hydrogen-bond acceptors (Lipinski definition) is 3. The number of ether oxygens (including phenoxy) is 1. The maximum atomic E-state index is 12.4. The summed E-state index contributed by atoms with van der Waals surface area (Å²) in [6.07, 6.45) is 2.16. The summed E-state index contributed by atoms with van der Waals surface area (Å²) in [4.78, 5) is 14.3. The van der Waals surface area contributed by atoms with Crippen LogP contribution in [0.1, 0.15) is 29.0 Å². The summed E-state index contributed by atoms with van der Waals surface area (Å²) in [6.45, 7) is 3.58. The van der Waals surface area contributed by atoms with Gasteiger partial charge in [0, 0.05) is 24.0 Å². The van der Waals surface area contributed by atoms with Gasteiger partial charge in [-0.25, -0.2) is 0 Å². The number of methoxy groups -OCH3 is 1. The second-order valence-corrected chi connectivity index (χ2v) is 4.89. The van der Waals surface area contributed by atoms with E-state index in [1.165, 1.54) is 0 Å². The molecule has 4 heteroatoms. The van der Waals surface area contributed by atoms with Crippen molar-refractivity contribution >= 4 is 16.9 Å². The number of amides is 1. The molecule has 2 aromatic rings. The molecule has 1 aliphatic rings. The largest absolute Gasteiger partial charge is 0.493 e. The molecule has 1 fully saturated rings. The van der Waals surface area contributed by atoms with Crippen LogP contribution in [-0.2, 0) is 0 Å². The third-order valence-electron chi connectivity index (χ3n) is 3.74. The van der Waals surface area contributed by atoms with Gasteiger partial charge in [-0.3, -0.25) is 4.79 Å². The lowest BCUT2D eigenvalue weighted by molar-refractivity contribution is 0.0762. The van der Waals surface area contributed by atoms with Crippen LogP contribution in [0.15, 0.2) is 22.6 Å². The number of carbonyl (C=O) groups excluding carboxylic acids is 1. The van der Waals surface area contributed by atoms with Crippen LogP contribution in [0, 0.1) is 6.92 Å². The minimum absolute atomic E-state index is 0.00625. The molecule has 0 radical (unpaired) electrons. The molecule has 100 valence electrons. The Balaban J connectivity index is 2.09. The van der Waals surface area contributed by atoms with Crippen LogP contribution in [0.4, 0.5) is 0 Å². The summed E-state index contributed by atoms with van der Waals surface area (Å²) in [5.41, 5.74) is 1.55. The first-order valence-corrected chi connectivity index (χ1v) is 6.57. The number of nitrogens with zero attached hydrogens (tertiary/aromatic N) is 1.